The zero-order chi connectivity index (χ0) is 16.2. The van der Waals surface area contributed by atoms with Crippen molar-refractivity contribution in [3.05, 3.63) is 64.9 Å². The summed E-state index contributed by atoms with van der Waals surface area (Å²) in [5.41, 5.74) is 1.88. The van der Waals surface area contributed by atoms with Crippen molar-refractivity contribution in [1.29, 1.82) is 0 Å². The summed E-state index contributed by atoms with van der Waals surface area (Å²) in [6.07, 6.45) is 4.37. The molecule has 1 aromatic carbocycles. The first-order chi connectivity index (χ1) is 11.2. The molecule has 4 nitrogen and oxygen atoms in total. The monoisotopic (exact) mass is 330 g/mol. The van der Waals surface area contributed by atoms with Crippen molar-refractivity contribution in [1.82, 2.24) is 9.88 Å². The molecule has 1 saturated heterocycles. The lowest BCUT2D eigenvalue weighted by Gasteiger charge is -2.39. The van der Waals surface area contributed by atoms with E-state index in [1.54, 1.807) is 6.20 Å². The standard InChI is InChI=1S/C18H19ClN2O2/c19-14-9-7-13(8-10-14)17(15-5-1-3-11-20-15)21-12-4-2-6-16(21)18(22)23/h1,3,5,7-11,16-17H,2,4,6,12H2,(H,22,23). The zero-order valence-corrected chi connectivity index (χ0v) is 13.5. The highest BCUT2D eigenvalue weighted by molar-refractivity contribution is 6.30. The molecule has 2 atom stereocenters. The van der Waals surface area contributed by atoms with Crippen molar-refractivity contribution in [2.75, 3.05) is 6.54 Å². The van der Waals surface area contributed by atoms with Gasteiger partial charge < -0.3 is 5.11 Å². The number of aliphatic carboxylic acids is 1. The molecule has 5 heteroatoms. The van der Waals surface area contributed by atoms with Gasteiger partial charge in [-0.2, -0.15) is 0 Å². The lowest BCUT2D eigenvalue weighted by molar-refractivity contribution is -0.145. The number of rotatable bonds is 4. The third kappa shape index (κ3) is 3.54. The quantitative estimate of drug-likeness (QED) is 0.927. The van der Waals surface area contributed by atoms with Gasteiger partial charge in [0.2, 0.25) is 0 Å². The third-order valence-electron chi connectivity index (χ3n) is 4.31. The van der Waals surface area contributed by atoms with Crippen LogP contribution in [0, 0.1) is 0 Å². The highest BCUT2D eigenvalue weighted by Gasteiger charge is 2.35. The molecule has 1 aliphatic heterocycles. The van der Waals surface area contributed by atoms with E-state index in [1.807, 2.05) is 42.5 Å². The van der Waals surface area contributed by atoms with Crippen molar-refractivity contribution < 1.29 is 9.90 Å². The molecule has 1 N–H and O–H groups in total. The summed E-state index contributed by atoms with van der Waals surface area (Å²) in [6.45, 7) is 0.751. The molecule has 2 aromatic rings. The average molecular weight is 331 g/mol. The molecule has 0 aliphatic carbocycles. The Kier molecular flexibility index (Phi) is 4.94. The molecule has 0 bridgehead atoms. The van der Waals surface area contributed by atoms with E-state index in [-0.39, 0.29) is 6.04 Å². The van der Waals surface area contributed by atoms with Crippen LogP contribution in [0.15, 0.2) is 48.7 Å². The Morgan fingerprint density at radius 2 is 2.00 bits per heavy atom. The molecule has 3 rings (SSSR count). The van der Waals surface area contributed by atoms with E-state index in [1.165, 1.54) is 0 Å². The molecule has 120 valence electrons. The highest BCUT2D eigenvalue weighted by atomic mass is 35.5. The fourth-order valence-electron chi connectivity index (χ4n) is 3.24. The summed E-state index contributed by atoms with van der Waals surface area (Å²) in [5, 5.41) is 10.3. The van der Waals surface area contributed by atoms with Gasteiger partial charge in [0.1, 0.15) is 6.04 Å². The summed E-state index contributed by atoms with van der Waals surface area (Å²) in [4.78, 5) is 18.2. The first-order valence-corrected chi connectivity index (χ1v) is 8.19. The molecule has 0 amide bonds. The van der Waals surface area contributed by atoms with Gasteiger partial charge in [0.15, 0.2) is 0 Å². The molecular formula is C18H19ClN2O2. The van der Waals surface area contributed by atoms with E-state index in [0.29, 0.717) is 11.4 Å². The van der Waals surface area contributed by atoms with Crippen LogP contribution in [0.1, 0.15) is 36.6 Å². The smallest absolute Gasteiger partial charge is 0.320 e. The Morgan fingerprint density at radius 1 is 1.22 bits per heavy atom. The number of carboxylic acid groups (broad SMARTS) is 1. The number of hydrogen-bond donors (Lipinski definition) is 1. The maximum Gasteiger partial charge on any atom is 0.320 e. The van der Waals surface area contributed by atoms with Gasteiger partial charge >= 0.3 is 5.97 Å². The van der Waals surface area contributed by atoms with Crippen LogP contribution in [0.3, 0.4) is 0 Å². The Balaban J connectivity index is 2.04. The number of benzene rings is 1. The van der Waals surface area contributed by atoms with Crippen molar-refractivity contribution in [2.24, 2.45) is 0 Å². The largest absolute Gasteiger partial charge is 0.480 e. The lowest BCUT2D eigenvalue weighted by atomic mass is 9.94. The lowest BCUT2D eigenvalue weighted by Crippen LogP contribution is -2.47. The van der Waals surface area contributed by atoms with Gasteiger partial charge in [0.05, 0.1) is 11.7 Å². The number of pyridine rings is 1. The number of halogens is 1. The van der Waals surface area contributed by atoms with E-state index in [2.05, 4.69) is 9.88 Å². The zero-order valence-electron chi connectivity index (χ0n) is 12.7. The van der Waals surface area contributed by atoms with Gasteiger partial charge in [0.25, 0.3) is 0 Å². The topological polar surface area (TPSA) is 53.4 Å². The number of carbonyl (C=O) groups is 1. The fourth-order valence-corrected chi connectivity index (χ4v) is 3.37. The number of likely N-dealkylation sites (tertiary alicyclic amines) is 1. The van der Waals surface area contributed by atoms with E-state index in [0.717, 1.165) is 30.6 Å². The van der Waals surface area contributed by atoms with Gasteiger partial charge in [-0.15, -0.1) is 0 Å². The van der Waals surface area contributed by atoms with Crippen molar-refractivity contribution in [3.8, 4) is 0 Å². The van der Waals surface area contributed by atoms with Crippen LogP contribution < -0.4 is 0 Å². The van der Waals surface area contributed by atoms with Crippen LogP contribution in [0.5, 0.6) is 0 Å². The highest BCUT2D eigenvalue weighted by Crippen LogP contribution is 2.33. The molecule has 23 heavy (non-hydrogen) atoms. The van der Waals surface area contributed by atoms with Crippen molar-refractivity contribution in [3.63, 3.8) is 0 Å². The first-order valence-electron chi connectivity index (χ1n) is 7.82. The molecule has 1 aliphatic rings. The number of aromatic nitrogens is 1. The summed E-state index contributed by atoms with van der Waals surface area (Å²) in [6, 6.07) is 12.7. The molecule has 1 aromatic heterocycles. The number of piperidine rings is 1. The second-order valence-electron chi connectivity index (χ2n) is 5.80. The van der Waals surface area contributed by atoms with Crippen LogP contribution in [-0.4, -0.2) is 33.5 Å². The minimum absolute atomic E-state index is 0.171. The molecule has 2 unspecified atom stereocenters. The second kappa shape index (κ2) is 7.11. The van der Waals surface area contributed by atoms with Crippen LogP contribution >= 0.6 is 11.6 Å². The maximum absolute atomic E-state index is 11.7. The number of hydrogen-bond acceptors (Lipinski definition) is 3. The number of nitrogens with zero attached hydrogens (tertiary/aromatic N) is 2. The van der Waals surface area contributed by atoms with Crippen LogP contribution in [0.25, 0.3) is 0 Å². The van der Waals surface area contributed by atoms with Crippen LogP contribution in [0.4, 0.5) is 0 Å². The molecule has 0 saturated carbocycles. The molecule has 2 heterocycles. The Morgan fingerprint density at radius 3 is 2.65 bits per heavy atom. The first kappa shape index (κ1) is 16.0. The normalized spacial score (nSPS) is 20.1. The van der Waals surface area contributed by atoms with E-state index >= 15 is 0 Å². The summed E-state index contributed by atoms with van der Waals surface area (Å²) in [7, 11) is 0. The second-order valence-corrected chi connectivity index (χ2v) is 6.23. The average Bonchev–Trinajstić information content (AvgIpc) is 2.58. The molecule has 0 spiro atoms. The van der Waals surface area contributed by atoms with Crippen LogP contribution in [-0.2, 0) is 4.79 Å². The van der Waals surface area contributed by atoms with Crippen LogP contribution in [0.2, 0.25) is 5.02 Å². The van der Waals surface area contributed by atoms with E-state index in [4.69, 9.17) is 11.6 Å². The molecule has 0 radical (unpaired) electrons. The predicted molar refractivity (Wildman–Crippen MR) is 89.5 cm³/mol. The predicted octanol–water partition coefficient (Wildman–Crippen LogP) is 3.76. The van der Waals surface area contributed by atoms with Gasteiger partial charge in [-0.3, -0.25) is 14.7 Å². The summed E-state index contributed by atoms with van der Waals surface area (Å²) in [5.74, 6) is -0.764. The third-order valence-corrected chi connectivity index (χ3v) is 4.57. The SMILES string of the molecule is O=C(O)C1CCCCN1C(c1ccc(Cl)cc1)c1ccccn1. The van der Waals surface area contributed by atoms with E-state index < -0.39 is 12.0 Å². The van der Waals surface area contributed by atoms with Gasteiger partial charge in [0, 0.05) is 11.2 Å². The summed E-state index contributed by atoms with van der Waals surface area (Å²) >= 11 is 6.00. The fraction of sp³-hybridized carbons (Fsp3) is 0.333. The minimum atomic E-state index is -0.764. The Labute approximate surface area is 140 Å². The Bertz CT molecular complexity index is 660. The van der Waals surface area contributed by atoms with Crippen molar-refractivity contribution >= 4 is 17.6 Å². The van der Waals surface area contributed by atoms with Gasteiger partial charge in [-0.1, -0.05) is 36.2 Å². The summed E-state index contributed by atoms with van der Waals surface area (Å²) < 4.78 is 0. The van der Waals surface area contributed by atoms with Gasteiger partial charge in [-0.05, 0) is 49.2 Å². The van der Waals surface area contributed by atoms with Crippen molar-refractivity contribution in [2.45, 2.75) is 31.3 Å². The van der Waals surface area contributed by atoms with Gasteiger partial charge in [-0.25, -0.2) is 0 Å². The minimum Gasteiger partial charge on any atom is -0.480 e. The van der Waals surface area contributed by atoms with E-state index in [9.17, 15) is 9.90 Å². The molecular weight excluding hydrogens is 312 g/mol. The maximum atomic E-state index is 11.7. The Hall–Kier alpha value is -1.91. The number of carboxylic acids is 1. The molecule has 1 fully saturated rings.